The van der Waals surface area contributed by atoms with Crippen molar-refractivity contribution >= 4 is 28.5 Å². The Morgan fingerprint density at radius 1 is 1.11 bits per heavy atom. The molecule has 0 saturated carbocycles. The summed E-state index contributed by atoms with van der Waals surface area (Å²) >= 11 is 0. The second kappa shape index (κ2) is 10.2. The minimum absolute atomic E-state index is 0.181. The van der Waals surface area contributed by atoms with Gasteiger partial charge in [0.15, 0.2) is 5.65 Å². The molecule has 4 rings (SSSR count). The molecule has 1 atom stereocenters. The number of nitrogens with one attached hydrogen (secondary N) is 3. The van der Waals surface area contributed by atoms with Crippen molar-refractivity contribution in [2.75, 3.05) is 11.9 Å². The lowest BCUT2D eigenvalue weighted by atomic mass is 10.0. The zero-order chi connectivity index (χ0) is 24.9. The number of aromatic amines is 1. The summed E-state index contributed by atoms with van der Waals surface area (Å²) in [7, 11) is 0. The predicted octanol–water partition coefficient (Wildman–Crippen LogP) is 2.90. The number of nitrogens with zero attached hydrogens (tertiary/aromatic N) is 3. The predicted molar refractivity (Wildman–Crippen MR) is 132 cm³/mol. The monoisotopic (exact) mass is 474 g/mol. The van der Waals surface area contributed by atoms with Gasteiger partial charge in [0.25, 0.3) is 11.5 Å². The lowest BCUT2D eigenvalue weighted by molar-refractivity contribution is -0.118. The maximum atomic E-state index is 13.3. The number of hydrogen-bond donors (Lipinski definition) is 3. The Morgan fingerprint density at radius 2 is 1.86 bits per heavy atom. The first-order chi connectivity index (χ1) is 16.9. The van der Waals surface area contributed by atoms with Crippen molar-refractivity contribution in [2.24, 2.45) is 5.92 Å². The summed E-state index contributed by atoms with van der Waals surface area (Å²) in [4.78, 5) is 44.9. The molecule has 0 spiro atoms. The lowest BCUT2D eigenvalue weighted by Gasteiger charge is -2.22. The van der Waals surface area contributed by atoms with Crippen LogP contribution in [0.15, 0.2) is 65.8 Å². The average Bonchev–Trinajstić information content (AvgIpc) is 3.28. The molecule has 3 N–H and O–H groups in total. The first kappa shape index (κ1) is 23.7. The first-order valence-corrected chi connectivity index (χ1v) is 11.2. The number of fused-ring (bicyclic) bond motifs is 1. The van der Waals surface area contributed by atoms with Crippen LogP contribution in [0.5, 0.6) is 5.75 Å². The van der Waals surface area contributed by atoms with Crippen LogP contribution in [0.25, 0.3) is 16.7 Å². The van der Waals surface area contributed by atoms with E-state index in [0.717, 1.165) is 0 Å². The number of hydrogen-bond acceptors (Lipinski definition) is 6. The number of para-hydroxylation sites is 2. The summed E-state index contributed by atoms with van der Waals surface area (Å²) in [6.07, 6.45) is 2.73. The Balaban J connectivity index is 1.56. The highest BCUT2D eigenvalue weighted by atomic mass is 16.5. The Bertz CT molecular complexity index is 1410. The van der Waals surface area contributed by atoms with Gasteiger partial charge in [0.2, 0.25) is 5.91 Å². The molecule has 180 valence electrons. The van der Waals surface area contributed by atoms with Crippen LogP contribution in [0.2, 0.25) is 0 Å². The highest BCUT2D eigenvalue weighted by Gasteiger charge is 2.26. The maximum absolute atomic E-state index is 13.3. The molecular formula is C25H26N6O4. The number of rotatable bonds is 8. The molecule has 0 bridgehead atoms. The van der Waals surface area contributed by atoms with E-state index in [-0.39, 0.29) is 23.3 Å². The molecule has 0 radical (unpaired) electrons. The number of aromatic nitrogens is 4. The van der Waals surface area contributed by atoms with E-state index < -0.39 is 6.04 Å². The molecule has 0 aliphatic rings. The minimum Gasteiger partial charge on any atom is -0.494 e. The van der Waals surface area contributed by atoms with E-state index in [1.165, 1.54) is 17.2 Å². The molecule has 10 nitrogen and oxygen atoms in total. The Labute approximate surface area is 201 Å². The largest absolute Gasteiger partial charge is 0.494 e. The molecule has 2 amide bonds. The van der Waals surface area contributed by atoms with Crippen LogP contribution in [0, 0.1) is 5.92 Å². The summed E-state index contributed by atoms with van der Waals surface area (Å²) in [5, 5.41) is 10.3. The summed E-state index contributed by atoms with van der Waals surface area (Å²) in [6.45, 7) is 6.12. The molecule has 2 aromatic carbocycles. The molecule has 1 unspecified atom stereocenters. The van der Waals surface area contributed by atoms with Crippen molar-refractivity contribution in [3.05, 3.63) is 77.0 Å². The van der Waals surface area contributed by atoms with Crippen molar-refractivity contribution in [1.82, 2.24) is 25.1 Å². The molecule has 0 fully saturated rings. The molecule has 2 heterocycles. The topological polar surface area (TPSA) is 131 Å². The van der Waals surface area contributed by atoms with Gasteiger partial charge in [-0.3, -0.25) is 14.4 Å². The number of anilines is 1. The highest BCUT2D eigenvalue weighted by Crippen LogP contribution is 2.23. The van der Waals surface area contributed by atoms with Gasteiger partial charge in [0, 0.05) is 5.56 Å². The average molecular weight is 475 g/mol. The van der Waals surface area contributed by atoms with Crippen LogP contribution >= 0.6 is 0 Å². The zero-order valence-electron chi connectivity index (χ0n) is 19.6. The third-order valence-electron chi connectivity index (χ3n) is 5.42. The number of carbonyl (C=O) groups excluding carboxylic acids is 2. The van der Waals surface area contributed by atoms with Crippen molar-refractivity contribution < 1.29 is 14.3 Å². The van der Waals surface area contributed by atoms with Crippen LogP contribution in [0.3, 0.4) is 0 Å². The number of H-pyrrole nitrogens is 1. The summed E-state index contributed by atoms with van der Waals surface area (Å²) < 4.78 is 6.90. The fourth-order valence-electron chi connectivity index (χ4n) is 3.64. The van der Waals surface area contributed by atoms with Gasteiger partial charge in [-0.25, -0.2) is 9.67 Å². The third-order valence-corrected chi connectivity index (χ3v) is 5.42. The molecule has 10 heteroatoms. The van der Waals surface area contributed by atoms with Crippen LogP contribution < -0.4 is 20.9 Å². The first-order valence-electron chi connectivity index (χ1n) is 11.2. The second-order valence-corrected chi connectivity index (χ2v) is 8.18. The maximum Gasteiger partial charge on any atom is 0.261 e. The number of benzene rings is 2. The quantitative estimate of drug-likeness (QED) is 0.360. The van der Waals surface area contributed by atoms with Crippen LogP contribution in [0.4, 0.5) is 5.69 Å². The molecule has 4 aromatic rings. The second-order valence-electron chi connectivity index (χ2n) is 8.18. The van der Waals surface area contributed by atoms with Crippen molar-refractivity contribution in [1.29, 1.82) is 0 Å². The molecule has 0 aliphatic carbocycles. The van der Waals surface area contributed by atoms with Gasteiger partial charge in [0.05, 0.1) is 30.5 Å². The van der Waals surface area contributed by atoms with Crippen molar-refractivity contribution in [2.45, 2.75) is 26.8 Å². The summed E-state index contributed by atoms with van der Waals surface area (Å²) in [5.74, 6) is -0.258. The smallest absolute Gasteiger partial charge is 0.261 e. The van der Waals surface area contributed by atoms with E-state index in [2.05, 4.69) is 25.7 Å². The van der Waals surface area contributed by atoms with E-state index in [1.54, 1.807) is 48.5 Å². The fraction of sp³-hybridized carbons (Fsp3) is 0.240. The van der Waals surface area contributed by atoms with Gasteiger partial charge < -0.3 is 20.4 Å². The molecular weight excluding hydrogens is 448 g/mol. The Hall–Kier alpha value is -4.47. The molecule has 35 heavy (non-hydrogen) atoms. The van der Waals surface area contributed by atoms with Gasteiger partial charge >= 0.3 is 0 Å². The highest BCUT2D eigenvalue weighted by molar-refractivity contribution is 6.02. The fourth-order valence-corrected chi connectivity index (χ4v) is 3.64. The Morgan fingerprint density at radius 3 is 2.57 bits per heavy atom. The van der Waals surface area contributed by atoms with Crippen molar-refractivity contribution in [3.63, 3.8) is 0 Å². The van der Waals surface area contributed by atoms with Crippen molar-refractivity contribution in [3.8, 4) is 11.4 Å². The number of carbonyl (C=O) groups is 2. The van der Waals surface area contributed by atoms with Gasteiger partial charge in [-0.2, -0.15) is 5.10 Å². The minimum atomic E-state index is -0.794. The molecule has 0 aliphatic heterocycles. The lowest BCUT2D eigenvalue weighted by Crippen LogP contribution is -2.47. The molecule has 0 saturated heterocycles. The SMILES string of the molecule is CCOc1ccc(C(=O)NC(C(=O)Nc2ccccc2-n2ncc3c(=O)[nH]cnc32)C(C)C)cc1. The van der Waals surface area contributed by atoms with E-state index in [9.17, 15) is 14.4 Å². The van der Waals surface area contributed by atoms with Crippen LogP contribution in [-0.2, 0) is 4.79 Å². The third kappa shape index (κ3) is 5.06. The van der Waals surface area contributed by atoms with Gasteiger partial charge in [-0.05, 0) is 49.2 Å². The van der Waals surface area contributed by atoms with Crippen LogP contribution in [0.1, 0.15) is 31.1 Å². The standard InChI is InChI=1S/C25H26N6O4/c1-4-35-17-11-9-16(10-12-17)23(32)30-21(15(2)3)25(34)29-19-7-5-6-8-20(19)31-22-18(13-28-31)24(33)27-14-26-22/h5-15,21H,4H2,1-3H3,(H,29,34)(H,30,32)(H,26,27,33). The van der Waals surface area contributed by atoms with Gasteiger partial charge in [-0.15, -0.1) is 0 Å². The van der Waals surface area contributed by atoms with Gasteiger partial charge in [0.1, 0.15) is 17.2 Å². The number of amides is 2. The van der Waals surface area contributed by atoms with E-state index >= 15 is 0 Å². The number of ether oxygens (including phenoxy) is 1. The van der Waals surface area contributed by atoms with Crippen LogP contribution in [-0.4, -0.2) is 44.2 Å². The summed E-state index contributed by atoms with van der Waals surface area (Å²) in [6, 6.07) is 13.0. The van der Waals surface area contributed by atoms with E-state index in [4.69, 9.17) is 4.74 Å². The zero-order valence-corrected chi connectivity index (χ0v) is 19.6. The normalized spacial score (nSPS) is 11.9. The van der Waals surface area contributed by atoms with E-state index in [1.807, 2.05) is 20.8 Å². The Kier molecular flexibility index (Phi) is 6.91. The molecule has 2 aromatic heterocycles. The van der Waals surface area contributed by atoms with E-state index in [0.29, 0.717) is 40.3 Å². The van der Waals surface area contributed by atoms with Gasteiger partial charge in [-0.1, -0.05) is 26.0 Å². The summed E-state index contributed by atoms with van der Waals surface area (Å²) in [5.41, 5.74) is 1.48.